The molecule has 2 N–H and O–H groups in total. The fourth-order valence-corrected chi connectivity index (χ4v) is 5.52. The number of carbonyl (C=O) groups is 2. The first-order chi connectivity index (χ1) is 17.8. The summed E-state index contributed by atoms with van der Waals surface area (Å²) in [7, 11) is -3.48. The van der Waals surface area contributed by atoms with Crippen LogP contribution in [-0.2, 0) is 19.6 Å². The molecule has 4 heterocycles. The number of carbonyl (C=O) groups excluding carboxylic acids is 2. The van der Waals surface area contributed by atoms with Crippen LogP contribution in [0.15, 0.2) is 54.2 Å². The fraction of sp³-hybridized carbons (Fsp3) is 0.320. The molecule has 5 rings (SSSR count). The third kappa shape index (κ3) is 5.99. The molecule has 10 nitrogen and oxygen atoms in total. The predicted octanol–water partition coefficient (Wildman–Crippen LogP) is 2.28. The van der Waals surface area contributed by atoms with E-state index in [4.69, 9.17) is 4.74 Å². The highest BCUT2D eigenvalue weighted by molar-refractivity contribution is 7.89. The first-order valence-corrected chi connectivity index (χ1v) is 14.5. The Labute approximate surface area is 219 Å². The monoisotopic (exact) mass is 541 g/mol. The number of hydrogen-bond donors (Lipinski definition) is 2. The number of rotatable bonds is 8. The molecule has 2 aromatic heterocycles. The number of hydrogen-bond acceptors (Lipinski definition) is 8. The van der Waals surface area contributed by atoms with Gasteiger partial charge in [0, 0.05) is 36.4 Å². The van der Waals surface area contributed by atoms with Gasteiger partial charge in [-0.25, -0.2) is 13.4 Å². The second kappa shape index (κ2) is 10.6. The van der Waals surface area contributed by atoms with Gasteiger partial charge >= 0.3 is 0 Å². The number of ether oxygens (including phenoxy) is 1. The van der Waals surface area contributed by atoms with Crippen LogP contribution in [0.1, 0.15) is 22.3 Å². The molecular formula is C25H27N5O5S2. The minimum Gasteiger partial charge on any atom is -0.378 e. The Kier molecular flexibility index (Phi) is 7.24. The first kappa shape index (κ1) is 25.3. The van der Waals surface area contributed by atoms with Crippen molar-refractivity contribution in [3.63, 3.8) is 0 Å². The lowest BCUT2D eigenvalue weighted by Gasteiger charge is -2.38. The Hall–Kier alpha value is -3.32. The molecule has 1 saturated heterocycles. The maximum atomic E-state index is 12.3. The summed E-state index contributed by atoms with van der Waals surface area (Å²) in [6.45, 7) is 3.34. The highest BCUT2D eigenvalue weighted by atomic mass is 32.2. The van der Waals surface area contributed by atoms with Gasteiger partial charge in [0.05, 0.1) is 43.3 Å². The highest BCUT2D eigenvalue weighted by Crippen LogP contribution is 2.30. The lowest BCUT2D eigenvalue weighted by atomic mass is 9.96. The van der Waals surface area contributed by atoms with Gasteiger partial charge in [-0.05, 0) is 29.7 Å². The van der Waals surface area contributed by atoms with Crippen molar-refractivity contribution in [2.75, 3.05) is 44.4 Å². The summed E-state index contributed by atoms with van der Waals surface area (Å²) in [5.41, 5.74) is 4.37. The number of nitrogens with one attached hydrogen (secondary N) is 2. The summed E-state index contributed by atoms with van der Waals surface area (Å²) in [6.07, 6.45) is 6.79. The van der Waals surface area contributed by atoms with E-state index >= 15 is 0 Å². The standard InChI is InChI=1S/C25H27N5O5S2/c1-37(33,34)30-10-7-20(13-30)24(32)26-12-23(31)28-25-27-22(16-36-25)19-4-2-3-18(11-19)17-5-8-29(9-6-17)21-14-35-15-21/h2-5,7,10-11,13,16,21H,6,8-9,12,14-15H2,1H3,(H,26,32)(H,27,28,31). The fourth-order valence-electron chi connectivity index (χ4n) is 4.20. The minimum atomic E-state index is -3.48. The second-order valence-corrected chi connectivity index (χ2v) is 11.8. The molecular weight excluding hydrogens is 514 g/mol. The molecule has 0 atom stereocenters. The molecule has 2 aliphatic rings. The third-order valence-electron chi connectivity index (χ3n) is 6.38. The Morgan fingerprint density at radius 2 is 2.03 bits per heavy atom. The molecule has 0 spiro atoms. The molecule has 3 aromatic rings. The molecule has 1 fully saturated rings. The third-order valence-corrected chi connectivity index (χ3v) is 8.13. The van der Waals surface area contributed by atoms with Crippen molar-refractivity contribution in [3.05, 3.63) is 65.3 Å². The van der Waals surface area contributed by atoms with Crippen LogP contribution in [0.4, 0.5) is 5.13 Å². The molecule has 0 radical (unpaired) electrons. The van der Waals surface area contributed by atoms with Crippen molar-refractivity contribution >= 4 is 43.9 Å². The van der Waals surface area contributed by atoms with Crippen LogP contribution in [0, 0.1) is 0 Å². The molecule has 37 heavy (non-hydrogen) atoms. The van der Waals surface area contributed by atoms with Gasteiger partial charge in [-0.2, -0.15) is 0 Å². The zero-order valence-corrected chi connectivity index (χ0v) is 21.8. The molecule has 2 amide bonds. The number of aromatic nitrogens is 2. The summed E-state index contributed by atoms with van der Waals surface area (Å²) in [5, 5.41) is 7.50. The topological polar surface area (TPSA) is 123 Å². The molecule has 0 saturated carbocycles. The van der Waals surface area contributed by atoms with Crippen molar-refractivity contribution in [1.82, 2.24) is 19.2 Å². The zero-order valence-electron chi connectivity index (χ0n) is 20.2. The van der Waals surface area contributed by atoms with Crippen molar-refractivity contribution in [2.45, 2.75) is 12.5 Å². The van der Waals surface area contributed by atoms with Crippen molar-refractivity contribution in [3.8, 4) is 11.3 Å². The summed E-state index contributed by atoms with van der Waals surface area (Å²) in [5.74, 6) is -0.977. The molecule has 2 aliphatic heterocycles. The van der Waals surface area contributed by atoms with Gasteiger partial charge in [-0.15, -0.1) is 11.3 Å². The van der Waals surface area contributed by atoms with E-state index in [-0.39, 0.29) is 12.1 Å². The summed E-state index contributed by atoms with van der Waals surface area (Å²) in [4.78, 5) is 31.6. The van der Waals surface area contributed by atoms with Crippen LogP contribution in [0.25, 0.3) is 16.8 Å². The Bertz CT molecular complexity index is 1460. The van der Waals surface area contributed by atoms with E-state index in [0.717, 1.165) is 54.2 Å². The lowest BCUT2D eigenvalue weighted by molar-refractivity contribution is -0.115. The average Bonchev–Trinajstić information content (AvgIpc) is 3.52. The van der Waals surface area contributed by atoms with E-state index in [1.807, 2.05) is 17.5 Å². The second-order valence-electron chi connectivity index (χ2n) is 9.01. The van der Waals surface area contributed by atoms with Crippen molar-refractivity contribution in [1.29, 1.82) is 0 Å². The van der Waals surface area contributed by atoms with Gasteiger partial charge in [-0.3, -0.25) is 18.5 Å². The largest absolute Gasteiger partial charge is 0.378 e. The Balaban J connectivity index is 1.16. The van der Waals surface area contributed by atoms with Crippen LogP contribution >= 0.6 is 11.3 Å². The molecule has 0 bridgehead atoms. The maximum Gasteiger partial charge on any atom is 0.253 e. The number of amides is 2. The van der Waals surface area contributed by atoms with Crippen LogP contribution in [-0.4, -0.2) is 79.2 Å². The van der Waals surface area contributed by atoms with Gasteiger partial charge < -0.3 is 15.4 Å². The van der Waals surface area contributed by atoms with Gasteiger partial charge in [-0.1, -0.05) is 24.3 Å². The molecule has 12 heteroatoms. The quantitative estimate of drug-likeness (QED) is 0.449. The van der Waals surface area contributed by atoms with Crippen molar-refractivity contribution < 1.29 is 22.7 Å². The summed E-state index contributed by atoms with van der Waals surface area (Å²) in [6, 6.07) is 10.2. The number of anilines is 1. The highest BCUT2D eigenvalue weighted by Gasteiger charge is 2.27. The Morgan fingerprint density at radius 1 is 1.22 bits per heavy atom. The van der Waals surface area contributed by atoms with Gasteiger partial charge in [0.2, 0.25) is 15.9 Å². The van der Waals surface area contributed by atoms with Crippen LogP contribution in [0.2, 0.25) is 0 Å². The number of benzene rings is 1. The van der Waals surface area contributed by atoms with Crippen LogP contribution in [0.5, 0.6) is 0 Å². The van der Waals surface area contributed by atoms with Gasteiger partial charge in [0.25, 0.3) is 5.91 Å². The van der Waals surface area contributed by atoms with Gasteiger partial charge in [0.1, 0.15) is 0 Å². The minimum absolute atomic E-state index is 0.146. The summed E-state index contributed by atoms with van der Waals surface area (Å²) >= 11 is 1.30. The number of thiazole rings is 1. The lowest BCUT2D eigenvalue weighted by Crippen LogP contribution is -2.50. The van der Waals surface area contributed by atoms with Crippen LogP contribution in [0.3, 0.4) is 0 Å². The SMILES string of the molecule is CS(=O)(=O)n1ccc(C(=O)NCC(=O)Nc2nc(-c3cccc(C4=CCN(C5COC5)CC4)c3)cs2)c1. The van der Waals surface area contributed by atoms with Crippen LogP contribution < -0.4 is 10.6 Å². The molecule has 0 aliphatic carbocycles. The molecule has 194 valence electrons. The van der Waals surface area contributed by atoms with E-state index in [2.05, 4.69) is 38.7 Å². The average molecular weight is 542 g/mol. The van der Waals surface area contributed by atoms with E-state index in [1.165, 1.54) is 40.9 Å². The van der Waals surface area contributed by atoms with E-state index < -0.39 is 21.8 Å². The zero-order chi connectivity index (χ0) is 26.0. The smallest absolute Gasteiger partial charge is 0.253 e. The Morgan fingerprint density at radius 3 is 2.70 bits per heavy atom. The first-order valence-electron chi connectivity index (χ1n) is 11.8. The van der Waals surface area contributed by atoms with E-state index in [1.54, 1.807) is 0 Å². The summed E-state index contributed by atoms with van der Waals surface area (Å²) < 4.78 is 29.3. The predicted molar refractivity (Wildman–Crippen MR) is 142 cm³/mol. The van der Waals surface area contributed by atoms with E-state index in [9.17, 15) is 18.0 Å². The normalized spacial score (nSPS) is 16.6. The van der Waals surface area contributed by atoms with E-state index in [0.29, 0.717) is 11.2 Å². The maximum absolute atomic E-state index is 12.3. The molecule has 1 aromatic carbocycles. The molecule has 0 unspecified atom stereocenters. The van der Waals surface area contributed by atoms with Gasteiger partial charge in [0.15, 0.2) is 5.13 Å². The number of nitrogens with zero attached hydrogens (tertiary/aromatic N) is 3. The van der Waals surface area contributed by atoms with Crippen molar-refractivity contribution in [2.24, 2.45) is 0 Å².